The molecule has 0 aliphatic heterocycles. The Balaban J connectivity index is 2.26. The summed E-state index contributed by atoms with van der Waals surface area (Å²) in [4.78, 5) is 0. The van der Waals surface area contributed by atoms with E-state index < -0.39 is 0 Å². The Morgan fingerprint density at radius 1 is 1.26 bits per heavy atom. The van der Waals surface area contributed by atoms with Crippen LogP contribution in [0.5, 0.6) is 0 Å². The summed E-state index contributed by atoms with van der Waals surface area (Å²) in [5.74, 6) is -0.280. The Labute approximate surface area is 140 Å². The van der Waals surface area contributed by atoms with Gasteiger partial charge in [0.25, 0.3) is 0 Å². The van der Waals surface area contributed by atoms with Crippen molar-refractivity contribution < 1.29 is 4.39 Å². The molecule has 0 amide bonds. The van der Waals surface area contributed by atoms with Crippen molar-refractivity contribution in [3.63, 3.8) is 0 Å². The Kier molecular flexibility index (Phi) is 4.75. The fourth-order valence-electron chi connectivity index (χ4n) is 4.23. The number of allylic oxidation sites excluding steroid dienone is 4. The van der Waals surface area contributed by atoms with Crippen LogP contribution in [0.2, 0.25) is 0 Å². The lowest BCUT2D eigenvalue weighted by Crippen LogP contribution is -2.44. The van der Waals surface area contributed by atoms with E-state index in [2.05, 4.69) is 52.8 Å². The largest absolute Gasteiger partial charge is 0.399 e. The van der Waals surface area contributed by atoms with E-state index in [-0.39, 0.29) is 16.7 Å². The first kappa shape index (κ1) is 17.8. The second-order valence-corrected chi connectivity index (χ2v) is 8.16. The molecule has 0 saturated heterocycles. The molecule has 126 valence electrons. The molecule has 1 aromatic carbocycles. The summed E-state index contributed by atoms with van der Waals surface area (Å²) in [5, 5.41) is 0. The van der Waals surface area contributed by atoms with Gasteiger partial charge in [-0.05, 0) is 66.9 Å². The molecule has 1 saturated carbocycles. The van der Waals surface area contributed by atoms with Gasteiger partial charge in [0.2, 0.25) is 0 Å². The predicted octanol–water partition coefficient (Wildman–Crippen LogP) is 5.93. The minimum absolute atomic E-state index is 0.202. The SMILES string of the molecule is CCc1ccc(/C(C)=C/C(F)=C(\N)C2(C)CC(C)(C)C2)cc1C. The molecule has 0 bridgehead atoms. The smallest absolute Gasteiger partial charge is 0.142 e. The highest BCUT2D eigenvalue weighted by molar-refractivity contribution is 5.67. The zero-order chi connectivity index (χ0) is 17.4. The van der Waals surface area contributed by atoms with Crippen LogP contribution in [0.15, 0.2) is 35.8 Å². The number of rotatable bonds is 4. The maximum atomic E-state index is 14.6. The van der Waals surface area contributed by atoms with Crippen molar-refractivity contribution in [1.82, 2.24) is 0 Å². The number of aryl methyl sites for hydroxylation is 2. The van der Waals surface area contributed by atoms with Gasteiger partial charge in [-0.25, -0.2) is 4.39 Å². The third kappa shape index (κ3) is 3.68. The Morgan fingerprint density at radius 2 is 1.87 bits per heavy atom. The molecular weight excluding hydrogens is 285 g/mol. The maximum Gasteiger partial charge on any atom is 0.142 e. The molecule has 0 heterocycles. The van der Waals surface area contributed by atoms with Crippen molar-refractivity contribution in [3.8, 4) is 0 Å². The van der Waals surface area contributed by atoms with Crippen LogP contribution in [-0.2, 0) is 6.42 Å². The van der Waals surface area contributed by atoms with Crippen LogP contribution in [0.25, 0.3) is 5.57 Å². The van der Waals surface area contributed by atoms with Crippen LogP contribution >= 0.6 is 0 Å². The summed E-state index contributed by atoms with van der Waals surface area (Å²) >= 11 is 0. The molecule has 2 rings (SSSR count). The maximum absolute atomic E-state index is 14.6. The lowest BCUT2D eigenvalue weighted by molar-refractivity contribution is 0.0322. The van der Waals surface area contributed by atoms with Gasteiger partial charge >= 0.3 is 0 Å². The van der Waals surface area contributed by atoms with Crippen LogP contribution in [-0.4, -0.2) is 0 Å². The number of benzene rings is 1. The minimum atomic E-state index is -0.280. The van der Waals surface area contributed by atoms with Crippen molar-refractivity contribution in [2.45, 2.75) is 60.8 Å². The summed E-state index contributed by atoms with van der Waals surface area (Å²) in [5.41, 5.74) is 11.2. The van der Waals surface area contributed by atoms with Crippen LogP contribution in [0.3, 0.4) is 0 Å². The molecular formula is C21H30FN. The first-order chi connectivity index (χ1) is 10.6. The molecule has 0 aromatic heterocycles. The molecule has 0 radical (unpaired) electrons. The Bertz CT molecular complexity index is 656. The second kappa shape index (κ2) is 6.14. The number of hydrogen-bond donors (Lipinski definition) is 1. The molecule has 1 nitrogen and oxygen atoms in total. The normalized spacial score (nSPS) is 20.7. The average Bonchev–Trinajstić information content (AvgIpc) is 2.43. The Morgan fingerprint density at radius 3 is 2.35 bits per heavy atom. The zero-order valence-electron chi connectivity index (χ0n) is 15.4. The molecule has 1 fully saturated rings. The molecule has 0 atom stereocenters. The Hall–Kier alpha value is -1.57. The van der Waals surface area contributed by atoms with Crippen molar-refractivity contribution in [1.29, 1.82) is 0 Å². The molecule has 23 heavy (non-hydrogen) atoms. The minimum Gasteiger partial charge on any atom is -0.399 e. The summed E-state index contributed by atoms with van der Waals surface area (Å²) in [6.07, 6.45) is 4.49. The van der Waals surface area contributed by atoms with Gasteiger partial charge < -0.3 is 5.73 Å². The van der Waals surface area contributed by atoms with Gasteiger partial charge in [0.1, 0.15) is 5.83 Å². The predicted molar refractivity (Wildman–Crippen MR) is 97.7 cm³/mol. The fourth-order valence-corrected chi connectivity index (χ4v) is 4.23. The third-order valence-electron chi connectivity index (χ3n) is 5.17. The molecule has 2 N–H and O–H groups in total. The zero-order valence-corrected chi connectivity index (χ0v) is 15.4. The van der Waals surface area contributed by atoms with Gasteiger partial charge in [-0.15, -0.1) is 0 Å². The van der Waals surface area contributed by atoms with E-state index in [1.165, 1.54) is 11.1 Å². The second-order valence-electron chi connectivity index (χ2n) is 8.16. The van der Waals surface area contributed by atoms with Crippen molar-refractivity contribution in [3.05, 3.63) is 52.5 Å². The van der Waals surface area contributed by atoms with E-state index in [1.54, 1.807) is 6.08 Å². The first-order valence-electron chi connectivity index (χ1n) is 8.52. The number of halogens is 1. The van der Waals surface area contributed by atoms with E-state index in [4.69, 9.17) is 5.73 Å². The molecule has 1 aromatic rings. The lowest BCUT2D eigenvalue weighted by atomic mass is 9.54. The molecule has 0 unspecified atom stereocenters. The van der Waals surface area contributed by atoms with Crippen molar-refractivity contribution in [2.24, 2.45) is 16.6 Å². The summed E-state index contributed by atoms with van der Waals surface area (Å²) in [7, 11) is 0. The van der Waals surface area contributed by atoms with Gasteiger partial charge in [-0.3, -0.25) is 0 Å². The topological polar surface area (TPSA) is 26.0 Å². The monoisotopic (exact) mass is 315 g/mol. The first-order valence-corrected chi connectivity index (χ1v) is 8.52. The highest BCUT2D eigenvalue weighted by Crippen LogP contribution is 2.57. The van der Waals surface area contributed by atoms with E-state index in [0.717, 1.165) is 30.4 Å². The fraction of sp³-hybridized carbons (Fsp3) is 0.524. The summed E-state index contributed by atoms with van der Waals surface area (Å²) in [6, 6.07) is 6.32. The average molecular weight is 315 g/mol. The van der Waals surface area contributed by atoms with Crippen LogP contribution in [0.4, 0.5) is 4.39 Å². The summed E-state index contributed by atoms with van der Waals surface area (Å²) < 4.78 is 14.6. The highest BCUT2D eigenvalue weighted by Gasteiger charge is 2.48. The van der Waals surface area contributed by atoms with Crippen LogP contribution in [0.1, 0.15) is 64.2 Å². The van der Waals surface area contributed by atoms with Gasteiger partial charge in [0, 0.05) is 5.41 Å². The standard InChI is InChI=1S/C21H30FN/c1-7-16-8-9-17(10-14(16)2)15(3)11-18(22)19(23)21(6)12-20(4,5)13-21/h8-11H,7,12-13,23H2,1-6H3/b15-11+,19-18+. The van der Waals surface area contributed by atoms with Crippen molar-refractivity contribution in [2.75, 3.05) is 0 Å². The quantitative estimate of drug-likeness (QED) is 0.685. The number of nitrogens with two attached hydrogens (primary N) is 1. The van der Waals surface area contributed by atoms with Gasteiger partial charge in [0.15, 0.2) is 0 Å². The van der Waals surface area contributed by atoms with Gasteiger partial charge in [-0.1, -0.05) is 45.9 Å². The third-order valence-corrected chi connectivity index (χ3v) is 5.17. The molecule has 2 heteroatoms. The molecule has 1 aliphatic rings. The number of hydrogen-bond acceptors (Lipinski definition) is 1. The molecule has 1 aliphatic carbocycles. The van der Waals surface area contributed by atoms with Crippen LogP contribution < -0.4 is 5.73 Å². The van der Waals surface area contributed by atoms with E-state index in [1.807, 2.05) is 6.92 Å². The lowest BCUT2D eigenvalue weighted by Gasteiger charge is -2.51. The van der Waals surface area contributed by atoms with Crippen molar-refractivity contribution >= 4 is 5.57 Å². The van der Waals surface area contributed by atoms with E-state index in [0.29, 0.717) is 5.70 Å². The molecule has 0 spiro atoms. The van der Waals surface area contributed by atoms with Crippen LogP contribution in [0, 0.1) is 17.8 Å². The van der Waals surface area contributed by atoms with Gasteiger partial charge in [-0.2, -0.15) is 0 Å². The van der Waals surface area contributed by atoms with Gasteiger partial charge in [0.05, 0.1) is 5.70 Å². The van der Waals surface area contributed by atoms with E-state index in [9.17, 15) is 4.39 Å². The highest BCUT2D eigenvalue weighted by atomic mass is 19.1. The van der Waals surface area contributed by atoms with E-state index >= 15 is 0 Å². The summed E-state index contributed by atoms with van der Waals surface area (Å²) in [6.45, 7) is 12.7.